The van der Waals surface area contributed by atoms with E-state index in [1.807, 2.05) is 0 Å². The van der Waals surface area contributed by atoms with Gasteiger partial charge >= 0.3 is 6.18 Å². The molecule has 1 unspecified atom stereocenters. The second-order valence-corrected chi connectivity index (χ2v) is 9.03. The summed E-state index contributed by atoms with van der Waals surface area (Å²) < 4.78 is 55.1. The van der Waals surface area contributed by atoms with Gasteiger partial charge in [-0.15, -0.1) is 0 Å². The van der Waals surface area contributed by atoms with Crippen LogP contribution in [0.3, 0.4) is 0 Å². The van der Waals surface area contributed by atoms with Gasteiger partial charge < -0.3 is 5.32 Å². The molecule has 2 amide bonds. The molecular weight excluding hydrogens is 462 g/mol. The Labute approximate surface area is 201 Å². The predicted octanol–water partition coefficient (Wildman–Crippen LogP) is 5.37. The molecule has 1 saturated carbocycles. The van der Waals surface area contributed by atoms with Gasteiger partial charge in [0.2, 0.25) is 12.1 Å². The third kappa shape index (κ3) is 6.07. The van der Waals surface area contributed by atoms with E-state index in [0.717, 1.165) is 25.7 Å². The number of benzodiazepines with no additional fused rings is 1. The van der Waals surface area contributed by atoms with Crippen molar-refractivity contribution in [1.29, 1.82) is 0 Å². The summed E-state index contributed by atoms with van der Waals surface area (Å²) in [6.45, 7) is -1.56. The van der Waals surface area contributed by atoms with Gasteiger partial charge in [-0.05, 0) is 30.5 Å². The second-order valence-electron chi connectivity index (χ2n) is 9.03. The highest BCUT2D eigenvalue weighted by atomic mass is 19.4. The van der Waals surface area contributed by atoms with Crippen molar-refractivity contribution in [3.8, 4) is 0 Å². The number of nitrogens with zero attached hydrogens (tertiary/aromatic N) is 2. The van der Waals surface area contributed by atoms with Gasteiger partial charge in [0, 0.05) is 17.5 Å². The molecule has 35 heavy (non-hydrogen) atoms. The van der Waals surface area contributed by atoms with Gasteiger partial charge in [-0.3, -0.25) is 14.5 Å². The van der Waals surface area contributed by atoms with E-state index in [1.165, 1.54) is 42.8 Å². The fraction of sp³-hybridized carbons (Fsp3) is 0.423. The van der Waals surface area contributed by atoms with E-state index in [4.69, 9.17) is 0 Å². The van der Waals surface area contributed by atoms with Crippen molar-refractivity contribution < 1.29 is 27.2 Å². The summed E-state index contributed by atoms with van der Waals surface area (Å²) in [5.41, 5.74) is 0.169. The Kier molecular flexibility index (Phi) is 7.52. The topological polar surface area (TPSA) is 61.8 Å². The molecule has 0 aromatic heterocycles. The molecule has 1 aliphatic carbocycles. The molecule has 4 rings (SSSR count). The van der Waals surface area contributed by atoms with Crippen LogP contribution in [0.4, 0.5) is 23.2 Å². The van der Waals surface area contributed by atoms with Gasteiger partial charge in [0.1, 0.15) is 12.4 Å². The fourth-order valence-corrected chi connectivity index (χ4v) is 4.77. The van der Waals surface area contributed by atoms with Crippen LogP contribution in [0.1, 0.15) is 56.1 Å². The second kappa shape index (κ2) is 10.6. The molecule has 186 valence electrons. The summed E-state index contributed by atoms with van der Waals surface area (Å²) in [6.07, 6.45) is -0.0155. The van der Waals surface area contributed by atoms with E-state index in [-0.39, 0.29) is 28.9 Å². The zero-order valence-electron chi connectivity index (χ0n) is 19.2. The fourth-order valence-electron chi connectivity index (χ4n) is 4.77. The first-order chi connectivity index (χ1) is 16.7. The highest BCUT2D eigenvalue weighted by Gasteiger charge is 2.40. The number of para-hydroxylation sites is 1. The van der Waals surface area contributed by atoms with Crippen LogP contribution in [0.15, 0.2) is 53.5 Å². The number of amides is 2. The lowest BCUT2D eigenvalue weighted by atomic mass is 9.86. The third-order valence-electron chi connectivity index (χ3n) is 6.48. The Morgan fingerprint density at radius 3 is 2.34 bits per heavy atom. The van der Waals surface area contributed by atoms with Crippen molar-refractivity contribution in [2.45, 2.75) is 57.3 Å². The monoisotopic (exact) mass is 489 g/mol. The Morgan fingerprint density at radius 2 is 1.66 bits per heavy atom. The molecule has 2 aromatic carbocycles. The number of nitrogens with one attached hydrogen (secondary N) is 1. The van der Waals surface area contributed by atoms with Crippen molar-refractivity contribution in [1.82, 2.24) is 5.32 Å². The van der Waals surface area contributed by atoms with Gasteiger partial charge in [-0.25, -0.2) is 9.38 Å². The molecule has 2 aromatic rings. The van der Waals surface area contributed by atoms with E-state index >= 15 is 0 Å². The van der Waals surface area contributed by atoms with E-state index in [2.05, 4.69) is 10.3 Å². The number of fused-ring (bicyclic) bond motifs is 1. The largest absolute Gasteiger partial charge is 0.406 e. The zero-order chi connectivity index (χ0) is 25.0. The summed E-state index contributed by atoms with van der Waals surface area (Å²) in [5, 5.41) is 2.51. The first kappa shape index (κ1) is 24.9. The highest BCUT2D eigenvalue weighted by Crippen LogP contribution is 2.32. The number of alkyl halides is 3. The molecular formula is C26H27F4N3O2. The predicted molar refractivity (Wildman–Crippen MR) is 125 cm³/mol. The summed E-state index contributed by atoms with van der Waals surface area (Å²) in [7, 11) is 0. The van der Waals surface area contributed by atoms with Gasteiger partial charge in [0.25, 0.3) is 5.91 Å². The number of benzene rings is 2. The normalized spacial score (nSPS) is 19.1. The lowest BCUT2D eigenvalue weighted by molar-refractivity contribution is -0.135. The summed E-state index contributed by atoms with van der Waals surface area (Å²) in [6, 6.07) is 11.6. The maximum Gasteiger partial charge on any atom is 0.406 e. The first-order valence-corrected chi connectivity index (χ1v) is 11.8. The number of aliphatic imine (C=N–C) groups is 1. The van der Waals surface area contributed by atoms with Crippen molar-refractivity contribution in [2.24, 2.45) is 10.9 Å². The molecule has 1 N–H and O–H groups in total. The SMILES string of the molecule is O=C(CCC1CCCCC1)NC1N=C(c2ccccc2F)c2ccccc2N(CC(F)(F)F)C1=O. The van der Waals surface area contributed by atoms with E-state index in [0.29, 0.717) is 17.2 Å². The molecule has 0 spiro atoms. The maximum atomic E-state index is 14.7. The molecule has 2 aliphatic rings. The van der Waals surface area contributed by atoms with Gasteiger partial charge in [0.15, 0.2) is 0 Å². The van der Waals surface area contributed by atoms with Crippen LogP contribution in [0.5, 0.6) is 0 Å². The number of carbonyl (C=O) groups is 2. The highest BCUT2D eigenvalue weighted by molar-refractivity contribution is 6.20. The smallest absolute Gasteiger partial charge is 0.327 e. The minimum Gasteiger partial charge on any atom is -0.327 e. The van der Waals surface area contributed by atoms with Crippen LogP contribution in [0.2, 0.25) is 0 Å². The lowest BCUT2D eigenvalue weighted by Crippen LogP contribution is -2.50. The van der Waals surface area contributed by atoms with Crippen LogP contribution >= 0.6 is 0 Å². The number of anilines is 1. The van der Waals surface area contributed by atoms with Gasteiger partial charge in [-0.2, -0.15) is 13.2 Å². The minimum absolute atomic E-state index is 0.00862. The van der Waals surface area contributed by atoms with Crippen LogP contribution < -0.4 is 10.2 Å². The molecule has 9 heteroatoms. The molecule has 5 nitrogen and oxygen atoms in total. The average molecular weight is 490 g/mol. The lowest BCUT2D eigenvalue weighted by Gasteiger charge is -2.26. The number of halogens is 4. The number of carbonyl (C=O) groups excluding carboxylic acids is 2. The van der Waals surface area contributed by atoms with E-state index < -0.39 is 36.5 Å². The third-order valence-corrected chi connectivity index (χ3v) is 6.48. The molecule has 0 saturated heterocycles. The van der Waals surface area contributed by atoms with Crippen LogP contribution in [-0.2, 0) is 9.59 Å². The molecule has 1 aliphatic heterocycles. The summed E-state index contributed by atoms with van der Waals surface area (Å²) in [4.78, 5) is 30.9. The molecule has 1 atom stereocenters. The number of hydrogen-bond acceptors (Lipinski definition) is 3. The Hall–Kier alpha value is -3.23. The molecule has 1 fully saturated rings. The molecule has 0 radical (unpaired) electrons. The quantitative estimate of drug-likeness (QED) is 0.555. The van der Waals surface area contributed by atoms with Crippen LogP contribution in [0, 0.1) is 11.7 Å². The maximum absolute atomic E-state index is 14.7. The first-order valence-electron chi connectivity index (χ1n) is 11.8. The van der Waals surface area contributed by atoms with Gasteiger partial charge in [-0.1, -0.05) is 62.4 Å². The minimum atomic E-state index is -4.69. The van der Waals surface area contributed by atoms with E-state index in [1.54, 1.807) is 12.1 Å². The average Bonchev–Trinajstić information content (AvgIpc) is 2.94. The Bertz CT molecular complexity index is 1110. The Morgan fingerprint density at radius 1 is 1.00 bits per heavy atom. The van der Waals surface area contributed by atoms with Crippen molar-refractivity contribution in [2.75, 3.05) is 11.4 Å². The Balaban J connectivity index is 1.69. The van der Waals surface area contributed by atoms with Gasteiger partial charge in [0.05, 0.1) is 11.4 Å². The zero-order valence-corrected chi connectivity index (χ0v) is 19.2. The number of hydrogen-bond donors (Lipinski definition) is 1. The standard InChI is InChI=1S/C26H27F4N3O2/c27-20-12-6-4-10-18(20)23-19-11-5-7-13-21(19)33(16-26(28,29)30)25(35)24(32-23)31-22(34)15-14-17-8-2-1-3-9-17/h4-7,10-13,17,24H,1-3,8-9,14-16H2,(H,31,34). The summed E-state index contributed by atoms with van der Waals surface area (Å²) in [5.74, 6) is -1.71. The van der Waals surface area contributed by atoms with Crippen molar-refractivity contribution in [3.05, 3.63) is 65.5 Å². The van der Waals surface area contributed by atoms with Crippen LogP contribution in [-0.4, -0.2) is 36.4 Å². The molecule has 1 heterocycles. The summed E-state index contributed by atoms with van der Waals surface area (Å²) >= 11 is 0. The number of rotatable bonds is 6. The molecule has 0 bridgehead atoms. The van der Waals surface area contributed by atoms with Crippen LogP contribution in [0.25, 0.3) is 0 Å². The van der Waals surface area contributed by atoms with Crippen molar-refractivity contribution >= 4 is 23.2 Å². The van der Waals surface area contributed by atoms with E-state index in [9.17, 15) is 27.2 Å². The van der Waals surface area contributed by atoms with Crippen molar-refractivity contribution in [3.63, 3.8) is 0 Å².